The van der Waals surface area contributed by atoms with Crippen molar-refractivity contribution in [3.05, 3.63) is 0 Å². The molecular formula is C13H22F3NO3. The molecule has 0 saturated carbocycles. The van der Waals surface area contributed by atoms with Crippen molar-refractivity contribution < 1.29 is 27.8 Å². The number of rotatable bonds is 6. The van der Waals surface area contributed by atoms with Crippen molar-refractivity contribution in [2.45, 2.75) is 50.1 Å². The Bertz CT molecular complexity index is 295. The van der Waals surface area contributed by atoms with Gasteiger partial charge in [-0.25, -0.2) is 0 Å². The molecule has 2 rings (SSSR count). The average molecular weight is 297 g/mol. The van der Waals surface area contributed by atoms with Crippen LogP contribution in [0.25, 0.3) is 0 Å². The predicted molar refractivity (Wildman–Crippen MR) is 66.4 cm³/mol. The molecule has 0 amide bonds. The molecule has 0 radical (unpaired) electrons. The van der Waals surface area contributed by atoms with Gasteiger partial charge in [-0.15, -0.1) is 0 Å². The zero-order valence-corrected chi connectivity index (χ0v) is 11.4. The number of hydrogen-bond donors (Lipinski definition) is 1. The van der Waals surface area contributed by atoms with E-state index in [1.54, 1.807) is 4.90 Å². The summed E-state index contributed by atoms with van der Waals surface area (Å²) in [6.07, 6.45) is -3.59. The highest BCUT2D eigenvalue weighted by molar-refractivity contribution is 4.88. The van der Waals surface area contributed by atoms with Gasteiger partial charge in [0.1, 0.15) is 0 Å². The molecule has 2 heterocycles. The van der Waals surface area contributed by atoms with Crippen molar-refractivity contribution >= 4 is 0 Å². The first-order valence-corrected chi connectivity index (χ1v) is 7.16. The molecule has 0 aromatic carbocycles. The maximum atomic E-state index is 12.5. The zero-order chi connectivity index (χ0) is 14.6. The molecule has 20 heavy (non-hydrogen) atoms. The van der Waals surface area contributed by atoms with Crippen molar-refractivity contribution in [1.29, 1.82) is 0 Å². The summed E-state index contributed by atoms with van der Waals surface area (Å²) in [4.78, 5) is 1.67. The first kappa shape index (κ1) is 16.0. The minimum Gasteiger partial charge on any atom is -0.382 e. The van der Waals surface area contributed by atoms with Gasteiger partial charge < -0.3 is 14.6 Å². The summed E-state index contributed by atoms with van der Waals surface area (Å²) in [5, 5.41) is 9.36. The molecular weight excluding hydrogens is 275 g/mol. The first-order chi connectivity index (χ1) is 9.48. The number of nitrogens with zero attached hydrogens (tertiary/aromatic N) is 1. The largest absolute Gasteiger partial charge is 0.415 e. The topological polar surface area (TPSA) is 41.9 Å². The lowest BCUT2D eigenvalue weighted by Gasteiger charge is -2.29. The van der Waals surface area contributed by atoms with E-state index in [1.807, 2.05) is 0 Å². The summed E-state index contributed by atoms with van der Waals surface area (Å²) in [7, 11) is 0. The van der Waals surface area contributed by atoms with Crippen LogP contribution in [0.1, 0.15) is 25.7 Å². The van der Waals surface area contributed by atoms with Gasteiger partial charge in [0.2, 0.25) is 0 Å². The van der Waals surface area contributed by atoms with Crippen LogP contribution in [0.3, 0.4) is 0 Å². The number of halogens is 3. The third kappa shape index (κ3) is 4.31. The summed E-state index contributed by atoms with van der Waals surface area (Å²) in [6, 6.07) is -0.832. The van der Waals surface area contributed by atoms with Gasteiger partial charge >= 0.3 is 6.18 Å². The van der Waals surface area contributed by atoms with E-state index in [-0.39, 0.29) is 6.10 Å². The third-order valence-electron chi connectivity index (χ3n) is 3.96. The molecule has 0 aliphatic carbocycles. The molecule has 7 heteroatoms. The lowest BCUT2D eigenvalue weighted by atomic mass is 10.1. The molecule has 2 aliphatic heterocycles. The Morgan fingerprint density at radius 2 is 2.10 bits per heavy atom. The van der Waals surface area contributed by atoms with Gasteiger partial charge in [-0.05, 0) is 32.2 Å². The molecule has 0 aromatic heterocycles. The molecule has 0 aromatic rings. The summed E-state index contributed by atoms with van der Waals surface area (Å²) in [5.41, 5.74) is 0. The van der Waals surface area contributed by atoms with E-state index in [0.717, 1.165) is 19.4 Å². The summed E-state index contributed by atoms with van der Waals surface area (Å²) < 4.78 is 48.5. The van der Waals surface area contributed by atoms with E-state index < -0.39 is 18.3 Å². The number of aliphatic hydroxyl groups is 1. The van der Waals surface area contributed by atoms with Gasteiger partial charge in [-0.3, -0.25) is 4.90 Å². The minimum absolute atomic E-state index is 0.130. The Morgan fingerprint density at radius 3 is 2.75 bits per heavy atom. The summed E-state index contributed by atoms with van der Waals surface area (Å²) >= 11 is 0. The molecule has 2 fully saturated rings. The molecule has 2 aliphatic rings. The minimum atomic E-state index is -4.55. The molecule has 1 N–H and O–H groups in total. The van der Waals surface area contributed by atoms with Gasteiger partial charge in [-0.2, -0.15) is 13.2 Å². The van der Waals surface area contributed by atoms with E-state index in [4.69, 9.17) is 9.47 Å². The zero-order valence-electron chi connectivity index (χ0n) is 11.4. The highest BCUT2D eigenvalue weighted by Gasteiger charge is 2.46. The van der Waals surface area contributed by atoms with Gasteiger partial charge in [0, 0.05) is 19.2 Å². The second-order valence-electron chi connectivity index (χ2n) is 5.44. The molecule has 4 nitrogen and oxygen atoms in total. The van der Waals surface area contributed by atoms with Crippen molar-refractivity contribution in [2.75, 3.05) is 32.9 Å². The highest BCUT2D eigenvalue weighted by atomic mass is 19.4. The predicted octanol–water partition coefficient (Wildman–Crippen LogP) is 1.57. The Kier molecular flexibility index (Phi) is 5.65. The van der Waals surface area contributed by atoms with E-state index in [9.17, 15) is 18.3 Å². The van der Waals surface area contributed by atoms with E-state index in [2.05, 4.69) is 0 Å². The lowest BCUT2D eigenvalue weighted by molar-refractivity contribution is -0.219. The number of hydrogen-bond acceptors (Lipinski definition) is 4. The maximum absolute atomic E-state index is 12.5. The fourth-order valence-electron chi connectivity index (χ4n) is 2.88. The second-order valence-corrected chi connectivity index (χ2v) is 5.44. The standard InChI is InChI=1S/C13H22F3NO3/c14-13(15,16)12(18)11-4-1-5-17(11)6-8-19-9-10-3-2-7-20-10/h10-12,18H,1-9H2. The SMILES string of the molecule is OC(C1CCCN1CCOCC1CCCO1)C(F)(F)F. The van der Waals surface area contributed by atoms with E-state index in [0.29, 0.717) is 39.1 Å². The number of aliphatic hydroxyl groups excluding tert-OH is 1. The fourth-order valence-corrected chi connectivity index (χ4v) is 2.88. The maximum Gasteiger partial charge on any atom is 0.415 e. The van der Waals surface area contributed by atoms with Crippen LogP contribution in [-0.4, -0.2) is 67.3 Å². The molecule has 0 bridgehead atoms. The average Bonchev–Trinajstić information content (AvgIpc) is 3.04. The first-order valence-electron chi connectivity index (χ1n) is 7.16. The third-order valence-corrected chi connectivity index (χ3v) is 3.96. The smallest absolute Gasteiger partial charge is 0.382 e. The van der Waals surface area contributed by atoms with Crippen molar-refractivity contribution in [3.8, 4) is 0 Å². The highest BCUT2D eigenvalue weighted by Crippen LogP contribution is 2.30. The van der Waals surface area contributed by atoms with Crippen molar-refractivity contribution in [2.24, 2.45) is 0 Å². The molecule has 3 atom stereocenters. The number of ether oxygens (including phenoxy) is 2. The Morgan fingerprint density at radius 1 is 1.30 bits per heavy atom. The van der Waals surface area contributed by atoms with Crippen LogP contribution in [0, 0.1) is 0 Å². The Hall–Kier alpha value is -0.370. The quantitative estimate of drug-likeness (QED) is 0.756. The fraction of sp³-hybridized carbons (Fsp3) is 1.00. The monoisotopic (exact) mass is 297 g/mol. The molecule has 118 valence electrons. The summed E-state index contributed by atoms with van der Waals surface area (Å²) in [5.74, 6) is 0. The second kappa shape index (κ2) is 7.06. The van der Waals surface area contributed by atoms with Crippen LogP contribution < -0.4 is 0 Å². The van der Waals surface area contributed by atoms with Crippen molar-refractivity contribution in [1.82, 2.24) is 4.90 Å². The molecule has 3 unspecified atom stereocenters. The van der Waals surface area contributed by atoms with Crippen LogP contribution in [0.2, 0.25) is 0 Å². The van der Waals surface area contributed by atoms with Gasteiger partial charge in [0.05, 0.1) is 19.3 Å². The van der Waals surface area contributed by atoms with Gasteiger partial charge in [0.25, 0.3) is 0 Å². The lowest BCUT2D eigenvalue weighted by Crippen LogP contribution is -2.47. The van der Waals surface area contributed by atoms with E-state index in [1.165, 1.54) is 0 Å². The van der Waals surface area contributed by atoms with Gasteiger partial charge in [-0.1, -0.05) is 0 Å². The number of likely N-dealkylation sites (tertiary alicyclic amines) is 1. The van der Waals surface area contributed by atoms with Crippen molar-refractivity contribution in [3.63, 3.8) is 0 Å². The number of alkyl halides is 3. The van der Waals surface area contributed by atoms with Crippen LogP contribution in [0.4, 0.5) is 13.2 Å². The van der Waals surface area contributed by atoms with Crippen LogP contribution in [-0.2, 0) is 9.47 Å². The van der Waals surface area contributed by atoms with Gasteiger partial charge in [0.15, 0.2) is 6.10 Å². The van der Waals surface area contributed by atoms with E-state index >= 15 is 0 Å². The normalized spacial score (nSPS) is 30.0. The van der Waals surface area contributed by atoms with Crippen LogP contribution in [0.5, 0.6) is 0 Å². The Balaban J connectivity index is 1.68. The Labute approximate surface area is 116 Å². The van der Waals surface area contributed by atoms with Crippen LogP contribution in [0.15, 0.2) is 0 Å². The molecule has 2 saturated heterocycles. The van der Waals surface area contributed by atoms with Crippen LogP contribution >= 0.6 is 0 Å². The summed E-state index contributed by atoms with van der Waals surface area (Å²) in [6.45, 7) is 2.65. The molecule has 0 spiro atoms.